The van der Waals surface area contributed by atoms with E-state index in [-0.39, 0.29) is 5.82 Å². The van der Waals surface area contributed by atoms with Crippen LogP contribution in [0.15, 0.2) is 42.5 Å². The number of nitriles is 1. The quantitative estimate of drug-likeness (QED) is 0.851. The maximum Gasteiger partial charge on any atom is 0.123 e. The van der Waals surface area contributed by atoms with Crippen LogP contribution in [0.3, 0.4) is 0 Å². The van der Waals surface area contributed by atoms with Gasteiger partial charge in [-0.25, -0.2) is 4.39 Å². The summed E-state index contributed by atoms with van der Waals surface area (Å²) < 4.78 is 13.2. The van der Waals surface area contributed by atoms with Gasteiger partial charge in [0.1, 0.15) is 5.82 Å². The van der Waals surface area contributed by atoms with E-state index >= 15 is 0 Å². The van der Waals surface area contributed by atoms with E-state index in [1.165, 1.54) is 12.1 Å². The summed E-state index contributed by atoms with van der Waals surface area (Å²) in [4.78, 5) is 2.02. The molecule has 0 atom stereocenters. The van der Waals surface area contributed by atoms with E-state index in [1.54, 1.807) is 12.1 Å². The van der Waals surface area contributed by atoms with Gasteiger partial charge in [-0.1, -0.05) is 23.7 Å². The van der Waals surface area contributed by atoms with E-state index in [4.69, 9.17) is 16.9 Å². The fourth-order valence-corrected chi connectivity index (χ4v) is 2.24. The lowest BCUT2D eigenvalue weighted by atomic mass is 10.1. The molecule has 0 saturated carbocycles. The summed E-state index contributed by atoms with van der Waals surface area (Å²) in [7, 11) is 1.93. The second-order valence-electron chi connectivity index (χ2n) is 4.72. The van der Waals surface area contributed by atoms with E-state index in [1.807, 2.05) is 30.1 Å². The van der Waals surface area contributed by atoms with Gasteiger partial charge in [0.25, 0.3) is 0 Å². The second-order valence-corrected chi connectivity index (χ2v) is 5.13. The highest BCUT2D eigenvalue weighted by atomic mass is 35.5. The minimum Gasteiger partial charge on any atom is -0.298 e. The molecule has 0 amide bonds. The Labute approximate surface area is 123 Å². The first-order valence-electron chi connectivity index (χ1n) is 6.20. The van der Waals surface area contributed by atoms with E-state index in [2.05, 4.69) is 6.07 Å². The van der Waals surface area contributed by atoms with Crippen molar-refractivity contribution < 1.29 is 4.39 Å². The van der Waals surface area contributed by atoms with Crippen molar-refractivity contribution in [1.82, 2.24) is 4.90 Å². The highest BCUT2D eigenvalue weighted by Gasteiger charge is 2.07. The third-order valence-corrected chi connectivity index (χ3v) is 3.33. The molecule has 0 unspecified atom stereocenters. The molecule has 2 rings (SSSR count). The van der Waals surface area contributed by atoms with Crippen molar-refractivity contribution in [2.45, 2.75) is 13.1 Å². The molecule has 2 aromatic rings. The monoisotopic (exact) mass is 288 g/mol. The third-order valence-electron chi connectivity index (χ3n) is 2.96. The van der Waals surface area contributed by atoms with Gasteiger partial charge in [-0.2, -0.15) is 5.26 Å². The van der Waals surface area contributed by atoms with Crippen molar-refractivity contribution >= 4 is 11.6 Å². The van der Waals surface area contributed by atoms with E-state index in [0.717, 1.165) is 11.1 Å². The van der Waals surface area contributed by atoms with Crippen molar-refractivity contribution in [3.8, 4) is 6.07 Å². The Morgan fingerprint density at radius 1 is 1.20 bits per heavy atom. The molecule has 0 aliphatic rings. The molecule has 0 aliphatic carbocycles. The van der Waals surface area contributed by atoms with E-state index in [0.29, 0.717) is 23.7 Å². The zero-order chi connectivity index (χ0) is 14.5. The molecule has 102 valence electrons. The number of hydrogen-bond donors (Lipinski definition) is 0. The van der Waals surface area contributed by atoms with Crippen LogP contribution in [0.4, 0.5) is 4.39 Å². The first-order chi connectivity index (χ1) is 9.58. The van der Waals surface area contributed by atoms with Crippen LogP contribution in [0.2, 0.25) is 5.02 Å². The Kier molecular flexibility index (Phi) is 4.73. The Bertz CT molecular complexity index is 649. The number of benzene rings is 2. The van der Waals surface area contributed by atoms with Crippen molar-refractivity contribution in [3.63, 3.8) is 0 Å². The molecule has 0 fully saturated rings. The lowest BCUT2D eigenvalue weighted by Gasteiger charge is -2.17. The summed E-state index contributed by atoms with van der Waals surface area (Å²) in [6.07, 6.45) is 0. The lowest BCUT2D eigenvalue weighted by Crippen LogP contribution is -2.17. The van der Waals surface area contributed by atoms with Crippen LogP contribution in [-0.2, 0) is 13.1 Å². The first kappa shape index (κ1) is 14.5. The van der Waals surface area contributed by atoms with Gasteiger partial charge in [-0.05, 0) is 48.5 Å². The smallest absolute Gasteiger partial charge is 0.123 e. The molecule has 0 aliphatic heterocycles. The van der Waals surface area contributed by atoms with Crippen LogP contribution < -0.4 is 0 Å². The summed E-state index contributed by atoms with van der Waals surface area (Å²) in [5.41, 5.74) is 2.43. The average Bonchev–Trinajstić information content (AvgIpc) is 2.43. The van der Waals surface area contributed by atoms with Crippen LogP contribution in [0.5, 0.6) is 0 Å². The zero-order valence-corrected chi connectivity index (χ0v) is 11.9. The molecule has 4 heteroatoms. The summed E-state index contributed by atoms with van der Waals surface area (Å²) in [5, 5.41) is 9.43. The lowest BCUT2D eigenvalue weighted by molar-refractivity contribution is 0.318. The van der Waals surface area contributed by atoms with Gasteiger partial charge in [0.05, 0.1) is 11.6 Å². The van der Waals surface area contributed by atoms with Gasteiger partial charge in [0.15, 0.2) is 0 Å². The molecule has 20 heavy (non-hydrogen) atoms. The average molecular weight is 289 g/mol. The van der Waals surface area contributed by atoms with Gasteiger partial charge in [0.2, 0.25) is 0 Å². The standard InChI is InChI=1S/C16H14ClFN2/c1-20(10-13-4-2-3-12(7-13)9-19)11-14-8-15(18)5-6-16(14)17/h2-8H,10-11H2,1H3. The molecular formula is C16H14ClFN2. The molecule has 0 spiro atoms. The molecular weight excluding hydrogens is 275 g/mol. The minimum atomic E-state index is -0.288. The van der Waals surface area contributed by atoms with Gasteiger partial charge in [0, 0.05) is 18.1 Å². The van der Waals surface area contributed by atoms with Crippen molar-refractivity contribution in [2.24, 2.45) is 0 Å². The normalized spacial score (nSPS) is 10.6. The van der Waals surface area contributed by atoms with Crippen LogP contribution in [0, 0.1) is 17.1 Å². The Morgan fingerprint density at radius 3 is 2.75 bits per heavy atom. The fourth-order valence-electron chi connectivity index (χ4n) is 2.06. The molecule has 0 saturated heterocycles. The minimum absolute atomic E-state index is 0.288. The molecule has 2 nitrogen and oxygen atoms in total. The first-order valence-corrected chi connectivity index (χ1v) is 6.58. The topological polar surface area (TPSA) is 27.0 Å². The molecule has 0 aromatic heterocycles. The Morgan fingerprint density at radius 2 is 2.00 bits per heavy atom. The van der Waals surface area contributed by atoms with Crippen LogP contribution >= 0.6 is 11.6 Å². The predicted molar refractivity (Wildman–Crippen MR) is 77.7 cm³/mol. The van der Waals surface area contributed by atoms with Crippen molar-refractivity contribution in [2.75, 3.05) is 7.05 Å². The molecule has 0 N–H and O–H groups in total. The number of rotatable bonds is 4. The van der Waals surface area contributed by atoms with Crippen molar-refractivity contribution in [1.29, 1.82) is 5.26 Å². The van der Waals surface area contributed by atoms with Crippen LogP contribution in [0.1, 0.15) is 16.7 Å². The second kappa shape index (κ2) is 6.51. The Hall–Kier alpha value is -1.89. The van der Waals surface area contributed by atoms with E-state index in [9.17, 15) is 4.39 Å². The van der Waals surface area contributed by atoms with Gasteiger partial charge < -0.3 is 0 Å². The van der Waals surface area contributed by atoms with Gasteiger partial charge in [-0.15, -0.1) is 0 Å². The van der Waals surface area contributed by atoms with Gasteiger partial charge in [-0.3, -0.25) is 4.90 Å². The summed E-state index contributed by atoms with van der Waals surface area (Å²) in [6, 6.07) is 13.9. The third kappa shape index (κ3) is 3.80. The number of hydrogen-bond acceptors (Lipinski definition) is 2. The largest absolute Gasteiger partial charge is 0.298 e. The SMILES string of the molecule is CN(Cc1cccc(C#N)c1)Cc1cc(F)ccc1Cl. The molecule has 0 radical (unpaired) electrons. The maximum atomic E-state index is 13.2. The fraction of sp³-hybridized carbons (Fsp3) is 0.188. The van der Waals surface area contributed by atoms with Crippen LogP contribution in [-0.4, -0.2) is 11.9 Å². The summed E-state index contributed by atoms with van der Waals surface area (Å²) in [6.45, 7) is 1.22. The Balaban J connectivity index is 2.07. The number of halogens is 2. The molecule has 0 bridgehead atoms. The highest BCUT2D eigenvalue weighted by Crippen LogP contribution is 2.19. The molecule has 0 heterocycles. The highest BCUT2D eigenvalue weighted by molar-refractivity contribution is 6.31. The molecule has 2 aromatic carbocycles. The van der Waals surface area contributed by atoms with Crippen LogP contribution in [0.25, 0.3) is 0 Å². The van der Waals surface area contributed by atoms with Gasteiger partial charge >= 0.3 is 0 Å². The van der Waals surface area contributed by atoms with E-state index < -0.39 is 0 Å². The predicted octanol–water partition coefficient (Wildman–Crippen LogP) is 3.98. The zero-order valence-electron chi connectivity index (χ0n) is 11.1. The summed E-state index contributed by atoms with van der Waals surface area (Å²) >= 11 is 6.05. The van der Waals surface area contributed by atoms with Crippen molar-refractivity contribution in [3.05, 3.63) is 70.0 Å². The number of nitrogens with zero attached hydrogens (tertiary/aromatic N) is 2. The summed E-state index contributed by atoms with van der Waals surface area (Å²) in [5.74, 6) is -0.288. The maximum absolute atomic E-state index is 13.2.